The van der Waals surface area contributed by atoms with E-state index in [9.17, 15) is 9.59 Å². The average molecular weight is 371 g/mol. The van der Waals surface area contributed by atoms with E-state index >= 15 is 0 Å². The number of piperidine rings is 1. The van der Waals surface area contributed by atoms with Crippen molar-refractivity contribution < 1.29 is 9.59 Å². The summed E-state index contributed by atoms with van der Waals surface area (Å²) in [6, 6.07) is 6.01. The normalized spacial score (nSPS) is 19.6. The molecule has 0 aromatic heterocycles. The molecular weight excluding hydrogens is 353 g/mol. The van der Waals surface area contributed by atoms with Crippen molar-refractivity contribution in [1.82, 2.24) is 0 Å². The zero-order chi connectivity index (χ0) is 14.0. The number of anilines is 1. The summed E-state index contributed by atoms with van der Waals surface area (Å²) >= 11 is 2.27. The Hall–Kier alpha value is -0.910. The van der Waals surface area contributed by atoms with Crippen LogP contribution in [0.15, 0.2) is 18.2 Å². The van der Waals surface area contributed by atoms with Crippen LogP contribution in [0.4, 0.5) is 5.69 Å². The molecule has 0 saturated carbocycles. The van der Waals surface area contributed by atoms with Crippen molar-refractivity contribution in [3.8, 4) is 0 Å². The first-order valence-corrected chi connectivity index (χ1v) is 7.72. The molecule has 0 N–H and O–H groups in total. The van der Waals surface area contributed by atoms with Crippen LogP contribution >= 0.6 is 22.6 Å². The summed E-state index contributed by atoms with van der Waals surface area (Å²) in [5.74, 6) is -0.396. The molecule has 0 aliphatic carbocycles. The van der Waals surface area contributed by atoms with Crippen LogP contribution in [0.5, 0.6) is 0 Å². The zero-order valence-electron chi connectivity index (χ0n) is 11.3. The van der Waals surface area contributed by atoms with Gasteiger partial charge >= 0.3 is 0 Å². The number of ketones is 1. The summed E-state index contributed by atoms with van der Waals surface area (Å²) in [6.45, 7) is 4.59. The highest BCUT2D eigenvalue weighted by molar-refractivity contribution is 14.1. The molecule has 2 rings (SSSR count). The van der Waals surface area contributed by atoms with Gasteiger partial charge in [0.25, 0.3) is 0 Å². The van der Waals surface area contributed by atoms with Crippen LogP contribution in [0.2, 0.25) is 0 Å². The molecule has 19 heavy (non-hydrogen) atoms. The summed E-state index contributed by atoms with van der Waals surface area (Å²) in [7, 11) is 0. The van der Waals surface area contributed by atoms with E-state index in [1.807, 2.05) is 32.0 Å². The van der Waals surface area contributed by atoms with E-state index in [-0.39, 0.29) is 11.7 Å². The van der Waals surface area contributed by atoms with Gasteiger partial charge in [0.2, 0.25) is 5.91 Å². The third-order valence-electron chi connectivity index (χ3n) is 3.64. The Balaban J connectivity index is 2.26. The van der Waals surface area contributed by atoms with E-state index in [2.05, 4.69) is 22.6 Å². The highest BCUT2D eigenvalue weighted by atomic mass is 127. The number of carbonyl (C=O) groups excluding carboxylic acids is 2. The maximum Gasteiger partial charge on any atom is 0.237 e. The van der Waals surface area contributed by atoms with Gasteiger partial charge < -0.3 is 4.90 Å². The average Bonchev–Trinajstić information content (AvgIpc) is 2.41. The van der Waals surface area contributed by atoms with Gasteiger partial charge in [0.05, 0.1) is 5.92 Å². The third-order valence-corrected chi connectivity index (χ3v) is 4.81. The molecule has 1 fully saturated rings. The Morgan fingerprint density at radius 1 is 1.47 bits per heavy atom. The largest absolute Gasteiger partial charge is 0.312 e. The van der Waals surface area contributed by atoms with Gasteiger partial charge in [0, 0.05) is 22.2 Å². The first kappa shape index (κ1) is 14.5. The molecule has 1 aromatic rings. The van der Waals surface area contributed by atoms with Crippen LogP contribution in [0.25, 0.3) is 0 Å². The number of benzene rings is 1. The Morgan fingerprint density at radius 2 is 2.21 bits per heavy atom. The smallest absolute Gasteiger partial charge is 0.237 e. The Bertz CT molecular complexity index is 513. The number of hydrogen-bond donors (Lipinski definition) is 0. The summed E-state index contributed by atoms with van der Waals surface area (Å²) in [5, 5.41) is 0. The molecule has 4 heteroatoms. The van der Waals surface area contributed by atoms with Crippen LogP contribution in [0.1, 0.15) is 31.7 Å². The van der Waals surface area contributed by atoms with Crippen molar-refractivity contribution in [3.05, 3.63) is 27.3 Å². The molecule has 102 valence electrons. The van der Waals surface area contributed by atoms with Crippen LogP contribution in [-0.4, -0.2) is 18.2 Å². The fraction of sp³-hybridized carbons (Fsp3) is 0.467. The van der Waals surface area contributed by atoms with Gasteiger partial charge in [-0.3, -0.25) is 9.59 Å². The first-order valence-electron chi connectivity index (χ1n) is 6.64. The zero-order valence-corrected chi connectivity index (χ0v) is 13.4. The lowest BCUT2D eigenvalue weighted by atomic mass is 9.91. The van der Waals surface area contributed by atoms with Gasteiger partial charge in [-0.05, 0) is 60.1 Å². The number of amides is 1. The van der Waals surface area contributed by atoms with E-state index in [4.69, 9.17) is 0 Å². The van der Waals surface area contributed by atoms with Crippen molar-refractivity contribution in [2.75, 3.05) is 11.4 Å². The van der Waals surface area contributed by atoms with Crippen LogP contribution < -0.4 is 4.90 Å². The molecule has 0 bridgehead atoms. The summed E-state index contributed by atoms with van der Waals surface area (Å²) in [4.78, 5) is 26.0. The molecule has 1 heterocycles. The molecule has 3 nitrogen and oxygen atoms in total. The topological polar surface area (TPSA) is 37.4 Å². The number of hydrogen-bond acceptors (Lipinski definition) is 2. The van der Waals surface area contributed by atoms with E-state index in [1.54, 1.807) is 4.90 Å². The van der Waals surface area contributed by atoms with Crippen LogP contribution in [0.3, 0.4) is 0 Å². The number of Topliss-reactive ketones (excluding diaryl/α,β-unsaturated/α-hetero) is 1. The maximum atomic E-state index is 12.4. The van der Waals surface area contributed by atoms with Gasteiger partial charge in [0.1, 0.15) is 5.78 Å². The number of aryl methyl sites for hydroxylation is 1. The second-order valence-corrected chi connectivity index (χ2v) is 6.10. The summed E-state index contributed by atoms with van der Waals surface area (Å²) in [6.07, 6.45) is 2.03. The standard InChI is InChI=1S/C15H18INO2/c1-3-14(18)12-5-4-8-17(15(12)19)11-7-6-10(2)13(16)9-11/h6-7,9,12H,3-5,8H2,1-2H3. The fourth-order valence-corrected chi connectivity index (χ4v) is 2.93. The van der Waals surface area contributed by atoms with E-state index < -0.39 is 5.92 Å². The van der Waals surface area contributed by atoms with Gasteiger partial charge in [-0.1, -0.05) is 13.0 Å². The highest BCUT2D eigenvalue weighted by Gasteiger charge is 2.33. The number of halogens is 1. The second kappa shape index (κ2) is 6.03. The van der Waals surface area contributed by atoms with E-state index in [0.717, 1.165) is 15.7 Å². The predicted octanol–water partition coefficient (Wildman–Crippen LogP) is 3.32. The first-order chi connectivity index (χ1) is 9.04. The fourth-order valence-electron chi connectivity index (χ4n) is 2.43. The van der Waals surface area contributed by atoms with Crippen molar-refractivity contribution in [2.45, 2.75) is 33.1 Å². The van der Waals surface area contributed by atoms with Crippen LogP contribution in [-0.2, 0) is 9.59 Å². The predicted molar refractivity (Wildman–Crippen MR) is 84.3 cm³/mol. The van der Waals surface area contributed by atoms with Gasteiger partial charge in [-0.25, -0.2) is 0 Å². The lowest BCUT2D eigenvalue weighted by Gasteiger charge is -2.31. The highest BCUT2D eigenvalue weighted by Crippen LogP contribution is 2.27. The molecular formula is C15H18INO2. The monoisotopic (exact) mass is 371 g/mol. The molecule has 1 saturated heterocycles. The molecule has 1 aliphatic heterocycles. The minimum absolute atomic E-state index is 0.0299. The molecule has 0 spiro atoms. The molecule has 1 unspecified atom stereocenters. The lowest BCUT2D eigenvalue weighted by Crippen LogP contribution is -2.44. The Morgan fingerprint density at radius 3 is 2.84 bits per heavy atom. The molecule has 1 aliphatic rings. The van der Waals surface area contributed by atoms with Crippen molar-refractivity contribution >= 4 is 40.0 Å². The Kier molecular flexibility index (Phi) is 4.60. The third kappa shape index (κ3) is 2.99. The number of nitrogens with zero attached hydrogens (tertiary/aromatic N) is 1. The van der Waals surface area contributed by atoms with Crippen LogP contribution in [0, 0.1) is 16.4 Å². The summed E-state index contributed by atoms with van der Waals surface area (Å²) < 4.78 is 1.15. The molecule has 0 radical (unpaired) electrons. The lowest BCUT2D eigenvalue weighted by molar-refractivity contribution is -0.133. The van der Waals surface area contributed by atoms with Crippen molar-refractivity contribution in [3.63, 3.8) is 0 Å². The van der Waals surface area contributed by atoms with E-state index in [1.165, 1.54) is 5.56 Å². The number of carbonyl (C=O) groups is 2. The van der Waals surface area contributed by atoms with Gasteiger partial charge in [-0.15, -0.1) is 0 Å². The molecule has 1 aromatic carbocycles. The van der Waals surface area contributed by atoms with Crippen molar-refractivity contribution in [1.29, 1.82) is 0 Å². The van der Waals surface area contributed by atoms with Gasteiger partial charge in [-0.2, -0.15) is 0 Å². The SMILES string of the molecule is CCC(=O)C1CCCN(c2ccc(C)c(I)c2)C1=O. The van der Waals surface area contributed by atoms with E-state index in [0.29, 0.717) is 19.4 Å². The minimum Gasteiger partial charge on any atom is -0.312 e. The summed E-state index contributed by atoms with van der Waals surface area (Å²) in [5.41, 5.74) is 2.11. The molecule has 1 atom stereocenters. The molecule has 1 amide bonds. The maximum absolute atomic E-state index is 12.4. The van der Waals surface area contributed by atoms with Gasteiger partial charge in [0.15, 0.2) is 0 Å². The Labute approximate surface area is 127 Å². The minimum atomic E-state index is -0.433. The second-order valence-electron chi connectivity index (χ2n) is 4.94. The quantitative estimate of drug-likeness (QED) is 0.604. The van der Waals surface area contributed by atoms with Crippen molar-refractivity contribution in [2.24, 2.45) is 5.92 Å². The number of rotatable bonds is 3.